The Bertz CT molecular complexity index is 672. The van der Waals surface area contributed by atoms with Gasteiger partial charge in [-0.1, -0.05) is 47.1 Å². The third-order valence-corrected chi connectivity index (χ3v) is 4.55. The van der Waals surface area contributed by atoms with E-state index in [1.807, 2.05) is 18.2 Å². The molecule has 2 aromatic rings. The van der Waals surface area contributed by atoms with Crippen LogP contribution in [0.3, 0.4) is 0 Å². The van der Waals surface area contributed by atoms with Gasteiger partial charge in [0.2, 0.25) is 0 Å². The van der Waals surface area contributed by atoms with Crippen LogP contribution in [0.4, 0.5) is 0 Å². The summed E-state index contributed by atoms with van der Waals surface area (Å²) in [4.78, 5) is 19.9. The van der Waals surface area contributed by atoms with Crippen molar-refractivity contribution in [1.82, 2.24) is 9.97 Å². The van der Waals surface area contributed by atoms with Crippen molar-refractivity contribution < 1.29 is 0 Å². The summed E-state index contributed by atoms with van der Waals surface area (Å²) >= 11 is 5.01. The van der Waals surface area contributed by atoms with Crippen molar-refractivity contribution in [2.24, 2.45) is 5.73 Å². The molecule has 0 aliphatic heterocycles. The Morgan fingerprint density at radius 2 is 2.14 bits per heavy atom. The number of nitrogens with zero attached hydrogens (tertiary/aromatic N) is 1. The van der Waals surface area contributed by atoms with Crippen molar-refractivity contribution in [1.29, 1.82) is 0 Å². The normalized spacial score (nSPS) is 10.8. The highest BCUT2D eigenvalue weighted by Gasteiger charge is 2.06. The van der Waals surface area contributed by atoms with Crippen LogP contribution >= 0.6 is 27.7 Å². The molecule has 0 unspecified atom stereocenters. The van der Waals surface area contributed by atoms with Gasteiger partial charge in [-0.05, 0) is 37.1 Å². The first-order chi connectivity index (χ1) is 10.1. The molecule has 0 radical (unpaired) electrons. The van der Waals surface area contributed by atoms with Gasteiger partial charge in [0.1, 0.15) is 0 Å². The fourth-order valence-electron chi connectivity index (χ4n) is 1.98. The van der Waals surface area contributed by atoms with Crippen LogP contribution in [0.2, 0.25) is 0 Å². The molecule has 4 nitrogen and oxygen atoms in total. The maximum atomic E-state index is 11.7. The van der Waals surface area contributed by atoms with Crippen LogP contribution in [0, 0.1) is 0 Å². The Kier molecular flexibility index (Phi) is 6.02. The molecule has 1 aromatic heterocycles. The highest BCUT2D eigenvalue weighted by Crippen LogP contribution is 2.29. The number of halogens is 1. The third kappa shape index (κ3) is 4.69. The second kappa shape index (κ2) is 7.77. The van der Waals surface area contributed by atoms with Crippen LogP contribution in [0.1, 0.15) is 24.6 Å². The summed E-state index contributed by atoms with van der Waals surface area (Å²) in [5.41, 5.74) is 7.49. The predicted molar refractivity (Wildman–Crippen MR) is 89.9 cm³/mol. The monoisotopic (exact) mass is 367 g/mol. The Hall–Kier alpha value is -1.11. The van der Waals surface area contributed by atoms with E-state index >= 15 is 0 Å². The molecule has 0 aliphatic carbocycles. The van der Waals surface area contributed by atoms with Crippen molar-refractivity contribution in [2.45, 2.75) is 36.2 Å². The molecule has 2 rings (SSSR count). The fraction of sp³-hybridized carbons (Fsp3) is 0.333. The molecule has 6 heteroatoms. The molecule has 1 heterocycles. The van der Waals surface area contributed by atoms with Gasteiger partial charge in [0.05, 0.1) is 0 Å². The summed E-state index contributed by atoms with van der Waals surface area (Å²) in [6.07, 6.45) is 2.63. The molecule has 1 aromatic carbocycles. The molecule has 0 saturated carbocycles. The second-order valence-electron chi connectivity index (χ2n) is 4.69. The lowest BCUT2D eigenvalue weighted by molar-refractivity contribution is 0.816. The zero-order valence-electron chi connectivity index (χ0n) is 11.9. The standard InChI is InChI=1S/C15H18BrN3OS/c1-2-3-11-8-14(20)19-15(18-11)21-12-5-4-10(6-7-17)13(16)9-12/h4-5,8-9H,2-3,6-7,17H2,1H3,(H,18,19,20). The lowest BCUT2D eigenvalue weighted by Crippen LogP contribution is -2.09. The molecular formula is C15H18BrN3OS. The maximum absolute atomic E-state index is 11.7. The minimum Gasteiger partial charge on any atom is -0.330 e. The minimum atomic E-state index is -0.102. The quantitative estimate of drug-likeness (QED) is 0.769. The first-order valence-electron chi connectivity index (χ1n) is 6.89. The molecule has 0 atom stereocenters. The summed E-state index contributed by atoms with van der Waals surface area (Å²) in [5.74, 6) is 0. The molecule has 0 aliphatic rings. The average Bonchev–Trinajstić information content (AvgIpc) is 2.42. The van der Waals surface area contributed by atoms with Crippen molar-refractivity contribution >= 4 is 27.7 Å². The van der Waals surface area contributed by atoms with E-state index in [2.05, 4.69) is 32.8 Å². The van der Waals surface area contributed by atoms with Crippen LogP contribution in [0.25, 0.3) is 0 Å². The van der Waals surface area contributed by atoms with E-state index in [1.54, 1.807) is 6.07 Å². The van der Waals surface area contributed by atoms with Gasteiger partial charge in [-0.2, -0.15) is 0 Å². The number of nitrogens with two attached hydrogens (primary N) is 1. The Balaban J connectivity index is 2.21. The summed E-state index contributed by atoms with van der Waals surface area (Å²) < 4.78 is 1.03. The molecule has 21 heavy (non-hydrogen) atoms. The van der Waals surface area contributed by atoms with E-state index in [4.69, 9.17) is 5.73 Å². The van der Waals surface area contributed by atoms with E-state index in [0.717, 1.165) is 34.3 Å². The highest BCUT2D eigenvalue weighted by molar-refractivity contribution is 9.10. The van der Waals surface area contributed by atoms with E-state index in [0.29, 0.717) is 11.7 Å². The first kappa shape index (κ1) is 16.3. The Labute approximate surface area is 136 Å². The lowest BCUT2D eigenvalue weighted by Gasteiger charge is -2.07. The van der Waals surface area contributed by atoms with Crippen molar-refractivity contribution in [2.75, 3.05) is 6.54 Å². The Morgan fingerprint density at radius 3 is 2.81 bits per heavy atom. The van der Waals surface area contributed by atoms with Crippen molar-refractivity contribution in [3.05, 3.63) is 50.3 Å². The van der Waals surface area contributed by atoms with Gasteiger partial charge in [-0.25, -0.2) is 4.98 Å². The van der Waals surface area contributed by atoms with Crippen molar-refractivity contribution in [3.63, 3.8) is 0 Å². The number of aromatic nitrogens is 2. The maximum Gasteiger partial charge on any atom is 0.251 e. The van der Waals surface area contributed by atoms with Crippen LogP contribution in [0.15, 0.2) is 43.6 Å². The first-order valence-corrected chi connectivity index (χ1v) is 8.50. The summed E-state index contributed by atoms with van der Waals surface area (Å²) in [6.45, 7) is 2.70. The van der Waals surface area contributed by atoms with E-state index in [9.17, 15) is 4.79 Å². The molecule has 112 valence electrons. The average molecular weight is 368 g/mol. The zero-order chi connectivity index (χ0) is 15.2. The number of H-pyrrole nitrogens is 1. The number of aryl methyl sites for hydroxylation is 1. The van der Waals surface area contributed by atoms with Gasteiger partial charge in [-0.3, -0.25) is 4.79 Å². The van der Waals surface area contributed by atoms with E-state index in [1.165, 1.54) is 17.3 Å². The van der Waals surface area contributed by atoms with Gasteiger partial charge in [0.15, 0.2) is 5.16 Å². The summed E-state index contributed by atoms with van der Waals surface area (Å²) in [5, 5.41) is 0.629. The minimum absolute atomic E-state index is 0.102. The van der Waals surface area contributed by atoms with Crippen LogP contribution < -0.4 is 11.3 Å². The number of nitrogens with one attached hydrogen (secondary N) is 1. The van der Waals surface area contributed by atoms with Crippen LogP contribution in [-0.2, 0) is 12.8 Å². The molecule has 0 bridgehead atoms. The summed E-state index contributed by atoms with van der Waals surface area (Å²) in [7, 11) is 0. The van der Waals surface area contributed by atoms with Gasteiger partial charge in [0.25, 0.3) is 5.56 Å². The zero-order valence-corrected chi connectivity index (χ0v) is 14.3. The SMILES string of the molecule is CCCc1cc(=O)[nH]c(Sc2ccc(CCN)c(Br)c2)n1. The summed E-state index contributed by atoms with van der Waals surface area (Å²) in [6, 6.07) is 7.66. The van der Waals surface area contributed by atoms with Gasteiger partial charge >= 0.3 is 0 Å². The van der Waals surface area contributed by atoms with Gasteiger partial charge in [-0.15, -0.1) is 0 Å². The van der Waals surface area contributed by atoms with Gasteiger partial charge < -0.3 is 10.7 Å². The molecule has 3 N–H and O–H groups in total. The fourth-order valence-corrected chi connectivity index (χ4v) is 3.56. The largest absolute Gasteiger partial charge is 0.330 e. The van der Waals surface area contributed by atoms with Crippen LogP contribution in [-0.4, -0.2) is 16.5 Å². The topological polar surface area (TPSA) is 71.8 Å². The highest BCUT2D eigenvalue weighted by atomic mass is 79.9. The number of aromatic amines is 1. The lowest BCUT2D eigenvalue weighted by atomic mass is 10.1. The second-order valence-corrected chi connectivity index (χ2v) is 6.60. The number of hydrogen-bond acceptors (Lipinski definition) is 4. The molecule has 0 fully saturated rings. The van der Waals surface area contributed by atoms with Gasteiger partial charge in [0, 0.05) is 21.1 Å². The number of benzene rings is 1. The van der Waals surface area contributed by atoms with Crippen molar-refractivity contribution in [3.8, 4) is 0 Å². The van der Waals surface area contributed by atoms with E-state index in [-0.39, 0.29) is 5.56 Å². The smallest absolute Gasteiger partial charge is 0.251 e. The third-order valence-electron chi connectivity index (χ3n) is 2.93. The molecule has 0 amide bonds. The number of rotatable bonds is 6. The van der Waals surface area contributed by atoms with E-state index < -0.39 is 0 Å². The molecule has 0 spiro atoms. The van der Waals surface area contributed by atoms with Crippen LogP contribution in [0.5, 0.6) is 0 Å². The molecule has 0 saturated heterocycles. The predicted octanol–water partition coefficient (Wildman–Crippen LogP) is 3.14. The molecular weight excluding hydrogens is 350 g/mol. The number of hydrogen-bond donors (Lipinski definition) is 2. The Morgan fingerprint density at radius 1 is 1.33 bits per heavy atom.